The zero-order valence-corrected chi connectivity index (χ0v) is 15.8. The van der Waals surface area contributed by atoms with Gasteiger partial charge in [0.2, 0.25) is 0 Å². The molecule has 22 heavy (non-hydrogen) atoms. The van der Waals surface area contributed by atoms with Crippen LogP contribution in [0.25, 0.3) is 0 Å². The standard InChI is InChI=1S/2C10H14.C2H6/c1-8(2)10-6-4-5-9(3)7-10;1-8(2)10-7-5-4-6-9(10)3;1-2/h2*4-8H,1-3H3;1-2H3. The van der Waals surface area contributed by atoms with Gasteiger partial charge in [0, 0.05) is 0 Å². The van der Waals surface area contributed by atoms with E-state index in [-0.39, 0.29) is 0 Å². The summed E-state index contributed by atoms with van der Waals surface area (Å²) in [6, 6.07) is 17.2. The molecule has 0 unspecified atom stereocenters. The van der Waals surface area contributed by atoms with E-state index in [1.165, 1.54) is 22.3 Å². The molecule has 0 radical (unpaired) electrons. The third kappa shape index (κ3) is 7.45. The highest BCUT2D eigenvalue weighted by atomic mass is 14.0. The lowest BCUT2D eigenvalue weighted by atomic mass is 9.99. The predicted molar refractivity (Wildman–Crippen MR) is 102 cm³/mol. The fourth-order valence-electron chi connectivity index (χ4n) is 2.26. The molecule has 2 aromatic rings. The maximum absolute atomic E-state index is 2.24. The van der Waals surface area contributed by atoms with E-state index in [1.807, 2.05) is 13.8 Å². The molecular weight excluding hydrogens is 264 g/mol. The molecule has 0 nitrogen and oxygen atoms in total. The van der Waals surface area contributed by atoms with Gasteiger partial charge in [0.25, 0.3) is 0 Å². The van der Waals surface area contributed by atoms with Gasteiger partial charge in [-0.05, 0) is 42.4 Å². The van der Waals surface area contributed by atoms with Crippen molar-refractivity contribution in [3.05, 3.63) is 70.8 Å². The van der Waals surface area contributed by atoms with Gasteiger partial charge >= 0.3 is 0 Å². The Morgan fingerprint density at radius 3 is 1.64 bits per heavy atom. The second-order valence-corrected chi connectivity index (χ2v) is 6.08. The van der Waals surface area contributed by atoms with Crippen LogP contribution in [0.15, 0.2) is 48.5 Å². The van der Waals surface area contributed by atoms with E-state index >= 15 is 0 Å². The van der Waals surface area contributed by atoms with Gasteiger partial charge in [-0.25, -0.2) is 0 Å². The maximum atomic E-state index is 2.24. The maximum Gasteiger partial charge on any atom is -0.0216 e. The van der Waals surface area contributed by atoms with E-state index in [2.05, 4.69) is 90.1 Å². The first-order valence-corrected chi connectivity index (χ1v) is 8.54. The number of rotatable bonds is 2. The molecule has 0 heterocycles. The Balaban J connectivity index is 0.000000360. The van der Waals surface area contributed by atoms with Crippen molar-refractivity contribution in [2.24, 2.45) is 0 Å². The fourth-order valence-corrected chi connectivity index (χ4v) is 2.26. The summed E-state index contributed by atoms with van der Waals surface area (Å²) in [7, 11) is 0. The van der Waals surface area contributed by atoms with Crippen molar-refractivity contribution in [3.8, 4) is 0 Å². The smallest absolute Gasteiger partial charge is 0.0216 e. The Hall–Kier alpha value is -1.56. The Morgan fingerprint density at radius 2 is 1.27 bits per heavy atom. The van der Waals surface area contributed by atoms with Crippen molar-refractivity contribution in [1.29, 1.82) is 0 Å². The Morgan fingerprint density at radius 1 is 0.682 bits per heavy atom. The Labute approximate surface area is 138 Å². The van der Waals surface area contributed by atoms with Crippen LogP contribution < -0.4 is 0 Å². The molecule has 0 bridgehead atoms. The predicted octanol–water partition coefficient (Wildman–Crippen LogP) is 7.26. The summed E-state index contributed by atoms with van der Waals surface area (Å²) < 4.78 is 0. The first-order valence-electron chi connectivity index (χ1n) is 8.54. The van der Waals surface area contributed by atoms with Crippen LogP contribution in [0.2, 0.25) is 0 Å². The van der Waals surface area contributed by atoms with Crippen molar-refractivity contribution >= 4 is 0 Å². The summed E-state index contributed by atoms with van der Waals surface area (Å²) in [4.78, 5) is 0. The molecule has 0 N–H and O–H groups in total. The molecule has 0 aliphatic carbocycles. The first kappa shape index (κ1) is 20.4. The van der Waals surface area contributed by atoms with Crippen molar-refractivity contribution in [2.45, 2.75) is 67.2 Å². The van der Waals surface area contributed by atoms with Crippen LogP contribution >= 0.6 is 0 Å². The van der Waals surface area contributed by atoms with Crippen LogP contribution in [-0.2, 0) is 0 Å². The molecule has 2 aromatic carbocycles. The lowest BCUT2D eigenvalue weighted by Crippen LogP contribution is -1.89. The molecule has 0 fully saturated rings. The Bertz CT molecular complexity index is 521. The highest BCUT2D eigenvalue weighted by Crippen LogP contribution is 2.17. The van der Waals surface area contributed by atoms with E-state index < -0.39 is 0 Å². The van der Waals surface area contributed by atoms with Gasteiger partial charge in [-0.1, -0.05) is 95.6 Å². The minimum Gasteiger partial charge on any atom is -0.0683 e. The minimum absolute atomic E-state index is 0.653. The van der Waals surface area contributed by atoms with Crippen molar-refractivity contribution in [3.63, 3.8) is 0 Å². The monoisotopic (exact) mass is 298 g/mol. The van der Waals surface area contributed by atoms with Crippen LogP contribution in [-0.4, -0.2) is 0 Å². The molecule has 0 saturated heterocycles. The van der Waals surface area contributed by atoms with Crippen molar-refractivity contribution < 1.29 is 0 Å². The van der Waals surface area contributed by atoms with Crippen molar-refractivity contribution in [1.82, 2.24) is 0 Å². The lowest BCUT2D eigenvalue weighted by molar-refractivity contribution is 0.856. The van der Waals surface area contributed by atoms with E-state index in [9.17, 15) is 0 Å². The molecule has 0 aromatic heterocycles. The largest absolute Gasteiger partial charge is 0.0683 e. The SMILES string of the molecule is CC.Cc1cccc(C(C)C)c1.Cc1ccccc1C(C)C. The quantitative estimate of drug-likeness (QED) is 0.547. The molecule has 0 aliphatic heterocycles. The second kappa shape index (κ2) is 11.1. The summed E-state index contributed by atoms with van der Waals surface area (Å²) in [5.41, 5.74) is 5.64. The molecule has 0 aliphatic rings. The molecular formula is C22H34. The van der Waals surface area contributed by atoms with Gasteiger partial charge in [-0.15, -0.1) is 0 Å². The molecule has 2 rings (SSSR count). The number of hydrogen-bond donors (Lipinski definition) is 0. The third-order valence-electron chi connectivity index (χ3n) is 3.52. The number of aryl methyl sites for hydroxylation is 2. The number of benzene rings is 2. The average Bonchev–Trinajstić information content (AvgIpc) is 2.50. The van der Waals surface area contributed by atoms with Crippen molar-refractivity contribution in [2.75, 3.05) is 0 Å². The Kier molecular flexibility index (Phi) is 10.3. The summed E-state index contributed by atoms with van der Waals surface area (Å²) in [5.74, 6) is 1.31. The van der Waals surface area contributed by atoms with Crippen LogP contribution in [0.5, 0.6) is 0 Å². The third-order valence-corrected chi connectivity index (χ3v) is 3.52. The summed E-state index contributed by atoms with van der Waals surface area (Å²) in [6.45, 7) is 17.2. The average molecular weight is 299 g/mol. The van der Waals surface area contributed by atoms with E-state index in [4.69, 9.17) is 0 Å². The molecule has 0 spiro atoms. The number of hydrogen-bond acceptors (Lipinski definition) is 0. The minimum atomic E-state index is 0.653. The molecule has 0 amide bonds. The normalized spacial score (nSPS) is 9.73. The van der Waals surface area contributed by atoms with E-state index in [0.29, 0.717) is 11.8 Å². The van der Waals surface area contributed by atoms with Gasteiger partial charge in [0.1, 0.15) is 0 Å². The first-order chi connectivity index (χ1) is 10.4. The van der Waals surface area contributed by atoms with E-state index in [0.717, 1.165) is 0 Å². The van der Waals surface area contributed by atoms with Crippen LogP contribution in [0.1, 0.15) is 75.6 Å². The highest BCUT2D eigenvalue weighted by molar-refractivity contribution is 5.28. The zero-order chi connectivity index (χ0) is 17.1. The second-order valence-electron chi connectivity index (χ2n) is 6.08. The van der Waals surface area contributed by atoms with Gasteiger partial charge in [-0.3, -0.25) is 0 Å². The van der Waals surface area contributed by atoms with Gasteiger partial charge in [0.05, 0.1) is 0 Å². The van der Waals surface area contributed by atoms with E-state index in [1.54, 1.807) is 0 Å². The molecule has 122 valence electrons. The fraction of sp³-hybridized carbons (Fsp3) is 0.455. The summed E-state index contributed by atoms with van der Waals surface area (Å²) in [6.07, 6.45) is 0. The molecule has 0 saturated carbocycles. The van der Waals surface area contributed by atoms with Gasteiger partial charge in [0.15, 0.2) is 0 Å². The summed E-state index contributed by atoms with van der Waals surface area (Å²) in [5, 5.41) is 0. The topological polar surface area (TPSA) is 0 Å². The van der Waals surface area contributed by atoms with Crippen LogP contribution in [0.4, 0.5) is 0 Å². The van der Waals surface area contributed by atoms with Gasteiger partial charge in [-0.2, -0.15) is 0 Å². The van der Waals surface area contributed by atoms with Gasteiger partial charge < -0.3 is 0 Å². The lowest BCUT2D eigenvalue weighted by Gasteiger charge is -2.07. The highest BCUT2D eigenvalue weighted by Gasteiger charge is 1.99. The van der Waals surface area contributed by atoms with Crippen LogP contribution in [0, 0.1) is 13.8 Å². The molecule has 0 atom stereocenters. The van der Waals surface area contributed by atoms with Crippen LogP contribution in [0.3, 0.4) is 0 Å². The molecule has 0 heteroatoms. The summed E-state index contributed by atoms with van der Waals surface area (Å²) >= 11 is 0. The zero-order valence-electron chi connectivity index (χ0n) is 15.8.